The number of rotatable bonds is 4. The standard InChI is InChI=1S/C15H22N2OS.ClH/c18-15(17-9-7-12-5-3-8-16-12)14-10-11-4-1-2-6-13(11)19-14;/h10,12,16H,1-9H2,(H,17,18);1H/t12-;/m1./s1. The molecule has 0 aromatic carbocycles. The molecule has 3 nitrogen and oxygen atoms in total. The molecular weight excluding hydrogens is 292 g/mol. The van der Waals surface area contributed by atoms with Gasteiger partial charge in [0.25, 0.3) is 5.91 Å². The molecule has 3 rings (SSSR count). The van der Waals surface area contributed by atoms with Crippen molar-refractivity contribution in [3.8, 4) is 0 Å². The lowest BCUT2D eigenvalue weighted by atomic mass is 9.99. The first kappa shape index (κ1) is 15.8. The van der Waals surface area contributed by atoms with Crippen molar-refractivity contribution in [3.63, 3.8) is 0 Å². The Morgan fingerprint density at radius 1 is 1.35 bits per heavy atom. The fraction of sp³-hybridized carbons (Fsp3) is 0.667. The Morgan fingerprint density at radius 3 is 2.95 bits per heavy atom. The fourth-order valence-electron chi connectivity index (χ4n) is 3.05. The number of fused-ring (bicyclic) bond motifs is 1. The average Bonchev–Trinajstić information content (AvgIpc) is 3.07. The van der Waals surface area contributed by atoms with E-state index < -0.39 is 0 Å². The summed E-state index contributed by atoms with van der Waals surface area (Å²) in [5, 5.41) is 6.53. The average molecular weight is 315 g/mol. The highest BCUT2D eigenvalue weighted by atomic mass is 35.5. The van der Waals surface area contributed by atoms with Crippen LogP contribution in [0.25, 0.3) is 0 Å². The van der Waals surface area contributed by atoms with Crippen molar-refractivity contribution < 1.29 is 4.79 Å². The largest absolute Gasteiger partial charge is 0.351 e. The Kier molecular flexibility index (Phi) is 5.87. The second-order valence-electron chi connectivity index (χ2n) is 5.60. The topological polar surface area (TPSA) is 41.1 Å². The van der Waals surface area contributed by atoms with Gasteiger partial charge in [-0.15, -0.1) is 23.7 Å². The molecule has 0 spiro atoms. The first-order valence-corrected chi connectivity index (χ1v) is 8.28. The van der Waals surface area contributed by atoms with Crippen LogP contribution in [-0.4, -0.2) is 25.0 Å². The molecule has 1 amide bonds. The number of carbonyl (C=O) groups is 1. The van der Waals surface area contributed by atoms with E-state index in [9.17, 15) is 4.79 Å². The van der Waals surface area contributed by atoms with Gasteiger partial charge in [0.05, 0.1) is 4.88 Å². The normalized spacial score (nSPS) is 21.1. The lowest BCUT2D eigenvalue weighted by Gasteiger charge is -2.10. The van der Waals surface area contributed by atoms with Crippen molar-refractivity contribution in [1.82, 2.24) is 10.6 Å². The molecule has 2 heterocycles. The molecule has 1 fully saturated rings. The highest BCUT2D eigenvalue weighted by molar-refractivity contribution is 7.14. The molecule has 1 aliphatic heterocycles. The highest BCUT2D eigenvalue weighted by Gasteiger charge is 2.18. The van der Waals surface area contributed by atoms with E-state index in [1.807, 2.05) is 0 Å². The van der Waals surface area contributed by atoms with E-state index in [1.54, 1.807) is 11.3 Å². The number of aryl methyl sites for hydroxylation is 2. The van der Waals surface area contributed by atoms with Gasteiger partial charge in [0.1, 0.15) is 0 Å². The van der Waals surface area contributed by atoms with E-state index in [-0.39, 0.29) is 18.3 Å². The van der Waals surface area contributed by atoms with Crippen LogP contribution in [0.5, 0.6) is 0 Å². The first-order chi connectivity index (χ1) is 9.33. The zero-order valence-electron chi connectivity index (χ0n) is 11.7. The van der Waals surface area contributed by atoms with Crippen LogP contribution in [0.15, 0.2) is 6.07 Å². The van der Waals surface area contributed by atoms with Gasteiger partial charge in [0.2, 0.25) is 0 Å². The minimum absolute atomic E-state index is 0. The van der Waals surface area contributed by atoms with Gasteiger partial charge in [-0.2, -0.15) is 0 Å². The number of nitrogens with one attached hydrogen (secondary N) is 2. The van der Waals surface area contributed by atoms with Crippen molar-refractivity contribution in [2.75, 3.05) is 13.1 Å². The third kappa shape index (κ3) is 3.74. The second-order valence-corrected chi connectivity index (χ2v) is 6.74. The summed E-state index contributed by atoms with van der Waals surface area (Å²) in [6.45, 7) is 1.93. The van der Waals surface area contributed by atoms with Crippen molar-refractivity contribution in [1.29, 1.82) is 0 Å². The molecule has 1 aromatic rings. The van der Waals surface area contributed by atoms with Gasteiger partial charge in [0, 0.05) is 17.5 Å². The van der Waals surface area contributed by atoms with Gasteiger partial charge < -0.3 is 10.6 Å². The van der Waals surface area contributed by atoms with Gasteiger partial charge in [-0.25, -0.2) is 0 Å². The van der Waals surface area contributed by atoms with Gasteiger partial charge >= 0.3 is 0 Å². The lowest BCUT2D eigenvalue weighted by Crippen LogP contribution is -2.30. The zero-order chi connectivity index (χ0) is 13.1. The molecule has 0 saturated carbocycles. The van der Waals surface area contributed by atoms with Crippen LogP contribution in [-0.2, 0) is 12.8 Å². The summed E-state index contributed by atoms with van der Waals surface area (Å²) in [7, 11) is 0. The van der Waals surface area contributed by atoms with E-state index in [0.29, 0.717) is 6.04 Å². The Labute approximate surface area is 130 Å². The Hall–Kier alpha value is -0.580. The molecule has 1 atom stereocenters. The van der Waals surface area contributed by atoms with Crippen LogP contribution in [0, 0.1) is 0 Å². The van der Waals surface area contributed by atoms with E-state index in [1.165, 1.54) is 42.5 Å². The molecule has 5 heteroatoms. The molecule has 2 N–H and O–H groups in total. The van der Waals surface area contributed by atoms with Crippen molar-refractivity contribution in [2.45, 2.75) is 51.0 Å². The SMILES string of the molecule is Cl.O=C(NCC[C@H]1CCCN1)c1cc2c(s1)CCCC2. The number of hydrogen-bond donors (Lipinski definition) is 2. The summed E-state index contributed by atoms with van der Waals surface area (Å²) < 4.78 is 0. The number of hydrogen-bond acceptors (Lipinski definition) is 3. The van der Waals surface area contributed by atoms with Crippen LogP contribution in [0.4, 0.5) is 0 Å². The minimum Gasteiger partial charge on any atom is -0.351 e. The third-order valence-electron chi connectivity index (χ3n) is 4.16. The van der Waals surface area contributed by atoms with E-state index in [0.717, 1.165) is 30.8 Å². The van der Waals surface area contributed by atoms with Crippen LogP contribution in [0.2, 0.25) is 0 Å². The van der Waals surface area contributed by atoms with Crippen LogP contribution >= 0.6 is 23.7 Å². The molecule has 2 aliphatic rings. The fourth-order valence-corrected chi connectivity index (χ4v) is 4.22. The monoisotopic (exact) mass is 314 g/mol. The smallest absolute Gasteiger partial charge is 0.261 e. The predicted molar refractivity (Wildman–Crippen MR) is 86.2 cm³/mol. The van der Waals surface area contributed by atoms with Gasteiger partial charge in [0.15, 0.2) is 0 Å². The molecule has 0 unspecified atom stereocenters. The molecular formula is C15H23ClN2OS. The first-order valence-electron chi connectivity index (χ1n) is 7.46. The van der Waals surface area contributed by atoms with E-state index in [2.05, 4.69) is 16.7 Å². The van der Waals surface area contributed by atoms with Crippen LogP contribution < -0.4 is 10.6 Å². The second kappa shape index (κ2) is 7.43. The van der Waals surface area contributed by atoms with E-state index in [4.69, 9.17) is 0 Å². The summed E-state index contributed by atoms with van der Waals surface area (Å²) in [5.74, 6) is 0.123. The van der Waals surface area contributed by atoms with Crippen LogP contribution in [0.3, 0.4) is 0 Å². The number of amides is 1. The maximum absolute atomic E-state index is 12.1. The Bertz CT molecular complexity index is 431. The molecule has 112 valence electrons. The van der Waals surface area contributed by atoms with Crippen LogP contribution in [0.1, 0.15) is 52.2 Å². The summed E-state index contributed by atoms with van der Waals surface area (Å²) >= 11 is 1.70. The van der Waals surface area contributed by atoms with Crippen molar-refractivity contribution in [2.24, 2.45) is 0 Å². The minimum atomic E-state index is 0. The molecule has 0 bridgehead atoms. The summed E-state index contributed by atoms with van der Waals surface area (Å²) in [4.78, 5) is 14.5. The van der Waals surface area contributed by atoms with Gasteiger partial charge in [-0.05, 0) is 63.1 Å². The molecule has 1 aromatic heterocycles. The van der Waals surface area contributed by atoms with Gasteiger partial charge in [-0.3, -0.25) is 4.79 Å². The molecule has 1 saturated heterocycles. The lowest BCUT2D eigenvalue weighted by molar-refractivity contribution is 0.0956. The maximum atomic E-state index is 12.1. The summed E-state index contributed by atoms with van der Waals surface area (Å²) in [6, 6.07) is 2.72. The zero-order valence-corrected chi connectivity index (χ0v) is 13.4. The highest BCUT2D eigenvalue weighted by Crippen LogP contribution is 2.29. The van der Waals surface area contributed by atoms with Crippen molar-refractivity contribution >= 4 is 29.7 Å². The van der Waals surface area contributed by atoms with E-state index >= 15 is 0 Å². The van der Waals surface area contributed by atoms with Gasteiger partial charge in [-0.1, -0.05) is 0 Å². The molecule has 20 heavy (non-hydrogen) atoms. The number of carbonyl (C=O) groups excluding carboxylic acids is 1. The number of halogens is 1. The van der Waals surface area contributed by atoms with Crippen molar-refractivity contribution in [3.05, 3.63) is 21.4 Å². The number of thiophene rings is 1. The molecule has 1 aliphatic carbocycles. The predicted octanol–water partition coefficient (Wildman–Crippen LogP) is 2.92. The maximum Gasteiger partial charge on any atom is 0.261 e. The Morgan fingerprint density at radius 2 is 2.20 bits per heavy atom. The molecule has 0 radical (unpaired) electrons. The Balaban J connectivity index is 0.00000147. The quantitative estimate of drug-likeness (QED) is 0.897. The third-order valence-corrected chi connectivity index (χ3v) is 5.40. The summed E-state index contributed by atoms with van der Waals surface area (Å²) in [6.07, 6.45) is 8.46. The summed E-state index contributed by atoms with van der Waals surface area (Å²) in [5.41, 5.74) is 1.42.